The molecule has 1 amide bonds. The molecule has 0 saturated carbocycles. The third-order valence-corrected chi connectivity index (χ3v) is 4.49. The van der Waals surface area contributed by atoms with Crippen molar-refractivity contribution in [2.24, 2.45) is 0 Å². The monoisotopic (exact) mass is 348 g/mol. The highest BCUT2D eigenvalue weighted by Gasteiger charge is 2.20. The lowest BCUT2D eigenvalue weighted by molar-refractivity contribution is -0.152. The van der Waals surface area contributed by atoms with Crippen molar-refractivity contribution >= 4 is 17.6 Å². The molecule has 0 unspecified atom stereocenters. The van der Waals surface area contributed by atoms with Gasteiger partial charge in [0.25, 0.3) is 5.91 Å². The first-order valence-corrected chi connectivity index (χ1v) is 8.67. The number of aryl methyl sites for hydroxylation is 2. The van der Waals surface area contributed by atoms with Gasteiger partial charge < -0.3 is 10.1 Å². The number of benzene rings is 2. The second-order valence-electron chi connectivity index (χ2n) is 6.41. The number of carbonyl (C=O) groups excluding carboxylic acids is 2. The molecular weight excluding hydrogens is 328 g/mol. The summed E-state index contributed by atoms with van der Waals surface area (Å²) in [4.78, 5) is 24.4. The van der Waals surface area contributed by atoms with Gasteiger partial charge in [0.1, 0.15) is 6.07 Å². The number of esters is 1. The van der Waals surface area contributed by atoms with E-state index in [1.165, 1.54) is 18.1 Å². The Morgan fingerprint density at radius 1 is 1.19 bits per heavy atom. The molecule has 1 aliphatic rings. The summed E-state index contributed by atoms with van der Waals surface area (Å²) in [5.41, 5.74) is 4.32. The molecule has 26 heavy (non-hydrogen) atoms. The minimum atomic E-state index is -0.941. The zero-order valence-corrected chi connectivity index (χ0v) is 14.6. The Hall–Kier alpha value is -3.13. The largest absolute Gasteiger partial charge is 0.452 e. The third-order valence-electron chi connectivity index (χ3n) is 4.49. The average molecular weight is 348 g/mol. The smallest absolute Gasteiger partial charge is 0.311 e. The molecule has 0 aliphatic heterocycles. The second kappa shape index (κ2) is 7.83. The van der Waals surface area contributed by atoms with Crippen LogP contribution >= 0.6 is 0 Å². The van der Waals surface area contributed by atoms with Crippen LogP contribution in [-0.4, -0.2) is 18.0 Å². The number of rotatable bonds is 5. The molecule has 2 aromatic carbocycles. The predicted molar refractivity (Wildman–Crippen MR) is 97.5 cm³/mol. The molecule has 5 nitrogen and oxygen atoms in total. The van der Waals surface area contributed by atoms with E-state index in [2.05, 4.69) is 17.4 Å². The van der Waals surface area contributed by atoms with Gasteiger partial charge in [-0.3, -0.25) is 9.59 Å². The highest BCUT2D eigenvalue weighted by atomic mass is 16.5. The Balaban J connectivity index is 1.57. The molecule has 2 aromatic rings. The number of hydrogen-bond donors (Lipinski definition) is 1. The van der Waals surface area contributed by atoms with Gasteiger partial charge in [-0.2, -0.15) is 5.26 Å². The highest BCUT2D eigenvalue weighted by Crippen LogP contribution is 2.23. The molecule has 0 heterocycles. The van der Waals surface area contributed by atoms with E-state index >= 15 is 0 Å². The van der Waals surface area contributed by atoms with Crippen molar-refractivity contribution < 1.29 is 14.3 Å². The summed E-state index contributed by atoms with van der Waals surface area (Å²) in [5, 5.41) is 11.7. The standard InChI is InChI=1S/C21H20N2O3/c1-14(21(25)23-19-8-3-2-5-18(19)13-22)26-20(24)12-15-9-10-16-6-4-7-17(16)11-15/h2-3,5,8-11,14H,4,6-7,12H2,1H3,(H,23,25)/t14-/m0/s1. The fourth-order valence-corrected chi connectivity index (χ4v) is 3.12. The minimum absolute atomic E-state index is 0.139. The van der Waals surface area contributed by atoms with Crippen LogP contribution in [0, 0.1) is 11.3 Å². The molecule has 132 valence electrons. The number of para-hydroxylation sites is 1. The van der Waals surface area contributed by atoms with Crippen molar-refractivity contribution in [3.05, 3.63) is 64.7 Å². The van der Waals surface area contributed by atoms with Crippen molar-refractivity contribution in [1.29, 1.82) is 5.26 Å². The number of nitrogens with one attached hydrogen (secondary N) is 1. The van der Waals surface area contributed by atoms with E-state index < -0.39 is 18.0 Å². The number of nitrogens with zero attached hydrogens (tertiary/aromatic N) is 1. The molecule has 5 heteroatoms. The molecule has 0 aromatic heterocycles. The van der Waals surface area contributed by atoms with Gasteiger partial charge in [0.15, 0.2) is 6.10 Å². The molecule has 0 spiro atoms. The maximum absolute atomic E-state index is 12.2. The number of nitriles is 1. The van der Waals surface area contributed by atoms with Crippen LogP contribution in [0.25, 0.3) is 0 Å². The van der Waals surface area contributed by atoms with E-state index in [9.17, 15) is 9.59 Å². The summed E-state index contributed by atoms with van der Waals surface area (Å²) in [5.74, 6) is -0.908. The van der Waals surface area contributed by atoms with Gasteiger partial charge >= 0.3 is 5.97 Å². The Morgan fingerprint density at radius 3 is 2.77 bits per heavy atom. The normalized spacial score (nSPS) is 13.4. The molecule has 1 N–H and O–H groups in total. The van der Waals surface area contributed by atoms with Crippen LogP contribution in [0.4, 0.5) is 5.69 Å². The Morgan fingerprint density at radius 2 is 1.96 bits per heavy atom. The summed E-state index contributed by atoms with van der Waals surface area (Å²) in [6.07, 6.45) is 2.50. The molecule has 0 saturated heterocycles. The van der Waals surface area contributed by atoms with Gasteiger partial charge in [0.2, 0.25) is 0 Å². The van der Waals surface area contributed by atoms with Crippen LogP contribution < -0.4 is 5.32 Å². The molecule has 0 radical (unpaired) electrons. The first-order valence-electron chi connectivity index (χ1n) is 8.67. The highest BCUT2D eigenvalue weighted by molar-refractivity contribution is 5.96. The molecule has 3 rings (SSSR count). The van der Waals surface area contributed by atoms with E-state index in [0.717, 1.165) is 24.8 Å². The van der Waals surface area contributed by atoms with Crippen molar-refractivity contribution in [3.63, 3.8) is 0 Å². The second-order valence-corrected chi connectivity index (χ2v) is 6.41. The van der Waals surface area contributed by atoms with Gasteiger partial charge in [-0.15, -0.1) is 0 Å². The molecule has 1 atom stereocenters. The zero-order valence-electron chi connectivity index (χ0n) is 14.6. The molecule has 0 bridgehead atoms. The van der Waals surface area contributed by atoms with Crippen molar-refractivity contribution in [1.82, 2.24) is 0 Å². The zero-order chi connectivity index (χ0) is 18.5. The summed E-state index contributed by atoms with van der Waals surface area (Å²) in [6.45, 7) is 1.52. The Kier molecular flexibility index (Phi) is 5.33. The van der Waals surface area contributed by atoms with E-state index in [1.807, 2.05) is 12.1 Å². The van der Waals surface area contributed by atoms with Crippen LogP contribution in [0.2, 0.25) is 0 Å². The molecular formula is C21H20N2O3. The van der Waals surface area contributed by atoms with Crippen LogP contribution in [0.5, 0.6) is 0 Å². The topological polar surface area (TPSA) is 79.2 Å². The summed E-state index contributed by atoms with van der Waals surface area (Å²) >= 11 is 0. The fourth-order valence-electron chi connectivity index (χ4n) is 3.12. The van der Waals surface area contributed by atoms with Gasteiger partial charge in [-0.25, -0.2) is 0 Å². The number of hydrogen-bond acceptors (Lipinski definition) is 4. The average Bonchev–Trinajstić information content (AvgIpc) is 3.09. The van der Waals surface area contributed by atoms with Crippen molar-refractivity contribution in [3.8, 4) is 6.07 Å². The van der Waals surface area contributed by atoms with Crippen LogP contribution in [-0.2, 0) is 33.6 Å². The number of anilines is 1. The van der Waals surface area contributed by atoms with E-state index in [4.69, 9.17) is 10.00 Å². The molecule has 1 aliphatic carbocycles. The summed E-state index contributed by atoms with van der Waals surface area (Å²) < 4.78 is 5.25. The Bertz CT molecular complexity index is 883. The lowest BCUT2D eigenvalue weighted by Crippen LogP contribution is -2.30. The van der Waals surface area contributed by atoms with Gasteiger partial charge in [-0.05, 0) is 55.0 Å². The number of carbonyl (C=O) groups is 2. The van der Waals surface area contributed by atoms with Crippen LogP contribution in [0.15, 0.2) is 42.5 Å². The maximum atomic E-state index is 12.2. The molecule has 0 fully saturated rings. The van der Waals surface area contributed by atoms with E-state index in [-0.39, 0.29) is 6.42 Å². The maximum Gasteiger partial charge on any atom is 0.311 e. The first kappa shape index (κ1) is 17.7. The van der Waals surface area contributed by atoms with Gasteiger partial charge in [0, 0.05) is 0 Å². The minimum Gasteiger partial charge on any atom is -0.452 e. The Labute approximate surface area is 152 Å². The summed E-state index contributed by atoms with van der Waals surface area (Å²) in [7, 11) is 0. The fraction of sp³-hybridized carbons (Fsp3) is 0.286. The third kappa shape index (κ3) is 4.09. The SMILES string of the molecule is C[C@H](OC(=O)Cc1ccc2c(c1)CCC2)C(=O)Nc1ccccc1C#N. The lowest BCUT2D eigenvalue weighted by Gasteiger charge is -2.14. The van der Waals surface area contributed by atoms with Crippen molar-refractivity contribution in [2.75, 3.05) is 5.32 Å². The number of ether oxygens (including phenoxy) is 1. The predicted octanol–water partition coefficient (Wildman–Crippen LogP) is 3.16. The first-order chi connectivity index (χ1) is 12.6. The van der Waals surface area contributed by atoms with Crippen LogP contribution in [0.1, 0.15) is 35.6 Å². The lowest BCUT2D eigenvalue weighted by atomic mass is 10.0. The van der Waals surface area contributed by atoms with E-state index in [0.29, 0.717) is 11.3 Å². The number of amides is 1. The van der Waals surface area contributed by atoms with Gasteiger partial charge in [0.05, 0.1) is 17.7 Å². The quantitative estimate of drug-likeness (QED) is 0.842. The van der Waals surface area contributed by atoms with Crippen LogP contribution in [0.3, 0.4) is 0 Å². The summed E-state index contributed by atoms with van der Waals surface area (Å²) in [6, 6.07) is 14.8. The van der Waals surface area contributed by atoms with E-state index in [1.54, 1.807) is 24.3 Å². The number of fused-ring (bicyclic) bond motifs is 1. The van der Waals surface area contributed by atoms with Crippen molar-refractivity contribution in [2.45, 2.75) is 38.7 Å². The van der Waals surface area contributed by atoms with Gasteiger partial charge in [-0.1, -0.05) is 30.3 Å².